The highest BCUT2D eigenvalue weighted by Gasteiger charge is 2.30. The van der Waals surface area contributed by atoms with Crippen molar-refractivity contribution in [1.29, 1.82) is 0 Å². The van der Waals surface area contributed by atoms with Crippen LogP contribution in [0.1, 0.15) is 16.8 Å². The van der Waals surface area contributed by atoms with Crippen molar-refractivity contribution in [3.8, 4) is 33.9 Å². The van der Waals surface area contributed by atoms with Crippen molar-refractivity contribution in [1.82, 2.24) is 14.9 Å². The van der Waals surface area contributed by atoms with E-state index in [2.05, 4.69) is 9.97 Å². The minimum atomic E-state index is -1.44. The molecule has 0 saturated carbocycles. The van der Waals surface area contributed by atoms with Gasteiger partial charge in [0.15, 0.2) is 5.75 Å². The third-order valence-corrected chi connectivity index (χ3v) is 6.12. The third-order valence-electron chi connectivity index (χ3n) is 5.81. The Morgan fingerprint density at radius 2 is 1.91 bits per heavy atom. The van der Waals surface area contributed by atoms with Crippen molar-refractivity contribution in [2.75, 3.05) is 26.3 Å². The van der Waals surface area contributed by atoms with Crippen LogP contribution in [-0.2, 0) is 0 Å². The van der Waals surface area contributed by atoms with E-state index in [1.165, 1.54) is 4.90 Å². The molecule has 33 heavy (non-hydrogen) atoms. The number of carbonyl (C=O) groups excluding carboxylic acids is 1. The van der Waals surface area contributed by atoms with Crippen LogP contribution in [0, 0.1) is 0 Å². The zero-order chi connectivity index (χ0) is 22.9. The predicted molar refractivity (Wildman–Crippen MR) is 120 cm³/mol. The average Bonchev–Trinajstić information content (AvgIpc) is 2.85. The van der Waals surface area contributed by atoms with Crippen LogP contribution in [0.4, 0.5) is 4.39 Å². The monoisotopic (exact) mass is 469 g/mol. The quantitative estimate of drug-likeness (QED) is 0.628. The van der Waals surface area contributed by atoms with E-state index < -0.39 is 12.3 Å². The van der Waals surface area contributed by atoms with E-state index in [-0.39, 0.29) is 18.9 Å². The molecule has 0 unspecified atom stereocenters. The number of aliphatic hydroxyl groups is 1. The number of alkyl halides is 1. The van der Waals surface area contributed by atoms with Gasteiger partial charge in [-0.05, 0) is 30.7 Å². The highest BCUT2D eigenvalue weighted by Crippen LogP contribution is 2.39. The van der Waals surface area contributed by atoms with Gasteiger partial charge >= 0.3 is 0 Å². The predicted octanol–water partition coefficient (Wildman–Crippen LogP) is 3.78. The molecule has 2 aliphatic rings. The number of nitrogens with zero attached hydrogens (tertiary/aromatic N) is 3. The maximum absolute atomic E-state index is 13.9. The number of fused-ring (bicyclic) bond motifs is 1. The highest BCUT2D eigenvalue weighted by molar-refractivity contribution is 6.33. The van der Waals surface area contributed by atoms with Crippen molar-refractivity contribution in [3.63, 3.8) is 0 Å². The molecular weight excluding hydrogens is 449 g/mol. The Balaban J connectivity index is 1.43. The molecule has 170 valence electrons. The number of piperidine rings is 1. The largest absolute Gasteiger partial charge is 0.484 e. The number of aromatic nitrogens is 2. The van der Waals surface area contributed by atoms with Gasteiger partial charge in [0.1, 0.15) is 19.4 Å². The smallest absolute Gasteiger partial charge is 0.257 e. The molecule has 7 nitrogen and oxygen atoms in total. The van der Waals surface area contributed by atoms with E-state index in [1.807, 2.05) is 12.1 Å². The van der Waals surface area contributed by atoms with Crippen molar-refractivity contribution in [2.24, 2.45) is 0 Å². The molecule has 2 aliphatic heterocycles. The normalized spacial score (nSPS) is 19.9. The van der Waals surface area contributed by atoms with Crippen LogP contribution >= 0.6 is 11.6 Å². The Bertz CT molecular complexity index is 1210. The van der Waals surface area contributed by atoms with Gasteiger partial charge in [0.25, 0.3) is 11.8 Å². The fourth-order valence-electron chi connectivity index (χ4n) is 4.06. The summed E-state index contributed by atoms with van der Waals surface area (Å²) < 4.78 is 25.2. The van der Waals surface area contributed by atoms with Crippen molar-refractivity contribution in [2.45, 2.75) is 18.7 Å². The summed E-state index contributed by atoms with van der Waals surface area (Å²) in [6, 6.07) is 8.77. The number of carbonyl (C=O) groups is 1. The molecule has 1 N–H and O–H groups in total. The number of aliphatic hydroxyl groups excluding tert-OH is 1. The Kier molecular flexibility index (Phi) is 5.86. The zero-order valence-corrected chi connectivity index (χ0v) is 18.3. The van der Waals surface area contributed by atoms with Crippen LogP contribution < -0.4 is 9.47 Å². The topological polar surface area (TPSA) is 84.8 Å². The molecule has 1 aromatic carbocycles. The second-order valence-corrected chi connectivity index (χ2v) is 8.38. The first-order valence-electron chi connectivity index (χ1n) is 10.6. The molecule has 9 heteroatoms. The standard InChI is InChI=1S/C24H21ClFN3O4/c25-19-10-14(24(31)29-6-4-21(30)20(26)13-29)1-2-17(19)15-9-16(12-27-11-15)18-3-5-28-23-22(18)32-7-8-33-23/h1-3,5,9-12,20-21,30H,4,6-8,13H2/t20-,21-/m0/s1. The van der Waals surface area contributed by atoms with Crippen molar-refractivity contribution in [3.05, 3.63) is 59.5 Å². The maximum Gasteiger partial charge on any atom is 0.257 e. The molecule has 5 rings (SSSR count). The van der Waals surface area contributed by atoms with Gasteiger partial charge in [-0.2, -0.15) is 0 Å². The van der Waals surface area contributed by atoms with Crippen LogP contribution in [0.25, 0.3) is 22.3 Å². The second kappa shape index (κ2) is 8.96. The first-order chi connectivity index (χ1) is 16.0. The molecule has 1 amide bonds. The molecule has 0 bridgehead atoms. The second-order valence-electron chi connectivity index (χ2n) is 7.97. The number of pyridine rings is 2. The average molecular weight is 470 g/mol. The van der Waals surface area contributed by atoms with Gasteiger partial charge in [-0.15, -0.1) is 0 Å². The molecule has 0 aliphatic carbocycles. The van der Waals surface area contributed by atoms with Gasteiger partial charge in [0.05, 0.1) is 12.6 Å². The van der Waals surface area contributed by atoms with Crippen molar-refractivity contribution >= 4 is 17.5 Å². The molecule has 2 aromatic heterocycles. The van der Waals surface area contributed by atoms with E-state index in [9.17, 15) is 14.3 Å². The van der Waals surface area contributed by atoms with Gasteiger partial charge in [-0.25, -0.2) is 9.37 Å². The summed E-state index contributed by atoms with van der Waals surface area (Å²) in [6.45, 7) is 1.06. The Morgan fingerprint density at radius 3 is 2.70 bits per heavy atom. The van der Waals surface area contributed by atoms with E-state index in [0.717, 1.165) is 16.7 Å². The number of rotatable bonds is 3. The first-order valence-corrected chi connectivity index (χ1v) is 11.0. The molecule has 1 saturated heterocycles. The van der Waals surface area contributed by atoms with Gasteiger partial charge < -0.3 is 19.5 Å². The maximum atomic E-state index is 13.9. The highest BCUT2D eigenvalue weighted by atomic mass is 35.5. The van der Waals surface area contributed by atoms with Crippen LogP contribution in [-0.4, -0.2) is 64.5 Å². The summed E-state index contributed by atoms with van der Waals surface area (Å²) in [6.07, 6.45) is 2.81. The number of benzene rings is 1. The number of ether oxygens (including phenoxy) is 2. The van der Waals surface area contributed by atoms with E-state index in [1.54, 1.807) is 36.8 Å². The lowest BCUT2D eigenvalue weighted by Gasteiger charge is -2.32. The SMILES string of the molecule is O=C(c1ccc(-c2cncc(-c3ccnc4c3OCCO4)c2)c(Cl)c1)N1CC[C@H](O)[C@@H](F)C1. The Labute approximate surface area is 194 Å². The molecule has 0 radical (unpaired) electrons. The first kappa shape index (κ1) is 21.6. The van der Waals surface area contributed by atoms with Crippen LogP contribution in [0.15, 0.2) is 48.9 Å². The molecule has 4 heterocycles. The summed E-state index contributed by atoms with van der Waals surface area (Å²) in [5.41, 5.74) is 3.47. The molecule has 3 aromatic rings. The van der Waals surface area contributed by atoms with Crippen molar-refractivity contribution < 1.29 is 23.8 Å². The fourth-order valence-corrected chi connectivity index (χ4v) is 4.35. The lowest BCUT2D eigenvalue weighted by Crippen LogP contribution is -2.47. The zero-order valence-electron chi connectivity index (χ0n) is 17.6. The van der Waals surface area contributed by atoms with Crippen LogP contribution in [0.2, 0.25) is 5.02 Å². The number of hydrogen-bond acceptors (Lipinski definition) is 6. The third kappa shape index (κ3) is 4.24. The number of halogens is 2. The van der Waals surface area contributed by atoms with E-state index in [0.29, 0.717) is 47.5 Å². The summed E-state index contributed by atoms with van der Waals surface area (Å²) in [4.78, 5) is 22.8. The van der Waals surface area contributed by atoms with Gasteiger partial charge in [-0.3, -0.25) is 9.78 Å². The van der Waals surface area contributed by atoms with Crippen LogP contribution in [0.5, 0.6) is 11.6 Å². The fraction of sp³-hybridized carbons (Fsp3) is 0.292. The molecule has 0 spiro atoms. The lowest BCUT2D eigenvalue weighted by molar-refractivity contribution is 0.00826. The molecule has 1 fully saturated rings. The summed E-state index contributed by atoms with van der Waals surface area (Å²) in [5.74, 6) is 0.712. The summed E-state index contributed by atoms with van der Waals surface area (Å²) in [7, 11) is 0. The van der Waals surface area contributed by atoms with E-state index in [4.69, 9.17) is 21.1 Å². The minimum absolute atomic E-state index is 0.132. The van der Waals surface area contributed by atoms with E-state index >= 15 is 0 Å². The minimum Gasteiger partial charge on any atom is -0.484 e. The van der Waals surface area contributed by atoms with Gasteiger partial charge in [0.2, 0.25) is 0 Å². The Hall–Kier alpha value is -3.23. The number of hydrogen-bond donors (Lipinski definition) is 1. The number of likely N-dealkylation sites (tertiary alicyclic amines) is 1. The van der Waals surface area contributed by atoms with Gasteiger partial charge in [0, 0.05) is 58.0 Å². The summed E-state index contributed by atoms with van der Waals surface area (Å²) >= 11 is 6.55. The summed E-state index contributed by atoms with van der Waals surface area (Å²) in [5, 5.41) is 9.95. The van der Waals surface area contributed by atoms with Crippen LogP contribution in [0.3, 0.4) is 0 Å². The number of amides is 1. The Morgan fingerprint density at radius 1 is 1.12 bits per heavy atom. The molecular formula is C24H21ClFN3O4. The van der Waals surface area contributed by atoms with Gasteiger partial charge in [-0.1, -0.05) is 17.7 Å². The molecule has 2 atom stereocenters. The lowest BCUT2D eigenvalue weighted by atomic mass is 10.00.